The number of aliphatic hydroxyl groups excluding tert-OH is 1. The number of hydrogen-bond donors (Lipinski definition) is 1. The van der Waals surface area contributed by atoms with Crippen molar-refractivity contribution >= 4 is 5.65 Å². The van der Waals surface area contributed by atoms with Crippen molar-refractivity contribution in [3.05, 3.63) is 84.2 Å². The minimum Gasteiger partial charge on any atom is -0.392 e. The molecule has 0 fully saturated rings. The first-order valence-corrected chi connectivity index (χ1v) is 9.98. The molecule has 0 aliphatic heterocycles. The molecule has 2 aromatic carbocycles. The van der Waals surface area contributed by atoms with E-state index < -0.39 is 11.7 Å². The number of aryl methyl sites for hydroxylation is 1. The van der Waals surface area contributed by atoms with E-state index in [0.717, 1.165) is 17.4 Å². The van der Waals surface area contributed by atoms with Crippen molar-refractivity contribution in [1.29, 1.82) is 0 Å². The molecule has 5 rings (SSSR count). The number of fused-ring (bicyclic) bond motifs is 1. The monoisotopic (exact) mass is 450 g/mol. The topological polar surface area (TPSA) is 81.1 Å². The largest absolute Gasteiger partial charge is 0.417 e. The highest BCUT2D eigenvalue weighted by atomic mass is 19.4. The molecule has 0 bridgehead atoms. The summed E-state index contributed by atoms with van der Waals surface area (Å²) in [5.41, 5.74) is 2.24. The second-order valence-electron chi connectivity index (χ2n) is 7.45. The van der Waals surface area contributed by atoms with Crippen molar-refractivity contribution < 1.29 is 18.3 Å². The zero-order valence-corrected chi connectivity index (χ0v) is 17.3. The average molecular weight is 450 g/mol. The molecule has 3 aromatic heterocycles. The van der Waals surface area contributed by atoms with Crippen LogP contribution in [-0.2, 0) is 12.8 Å². The van der Waals surface area contributed by atoms with Crippen molar-refractivity contribution in [2.45, 2.75) is 19.7 Å². The Morgan fingerprint density at radius 1 is 1.06 bits per heavy atom. The van der Waals surface area contributed by atoms with Gasteiger partial charge in [0.05, 0.1) is 29.9 Å². The Hall–Kier alpha value is -4.05. The predicted octanol–water partition coefficient (Wildman–Crippen LogP) is 4.46. The number of rotatable bonds is 4. The molecule has 0 aliphatic rings. The van der Waals surface area contributed by atoms with E-state index in [-0.39, 0.29) is 23.5 Å². The van der Waals surface area contributed by atoms with Gasteiger partial charge in [-0.25, -0.2) is 14.5 Å². The molecule has 5 aromatic rings. The molecule has 0 spiro atoms. The zero-order chi connectivity index (χ0) is 23.2. The van der Waals surface area contributed by atoms with E-state index in [0.29, 0.717) is 17.0 Å². The fraction of sp³-hybridized carbons (Fsp3) is 0.130. The van der Waals surface area contributed by atoms with Crippen molar-refractivity contribution in [2.24, 2.45) is 0 Å². The van der Waals surface area contributed by atoms with Gasteiger partial charge in [-0.15, -0.1) is 5.10 Å². The van der Waals surface area contributed by atoms with Crippen LogP contribution < -0.4 is 0 Å². The first-order valence-electron chi connectivity index (χ1n) is 9.98. The van der Waals surface area contributed by atoms with E-state index in [1.54, 1.807) is 23.0 Å². The average Bonchev–Trinajstić information content (AvgIpc) is 3.44. The summed E-state index contributed by atoms with van der Waals surface area (Å²) in [4.78, 5) is 12.9. The summed E-state index contributed by atoms with van der Waals surface area (Å²) in [6, 6.07) is 10.6. The molecule has 0 radical (unpaired) electrons. The Kier molecular flexibility index (Phi) is 4.94. The highest BCUT2D eigenvalue weighted by Gasteiger charge is 2.34. The van der Waals surface area contributed by atoms with Gasteiger partial charge in [-0.2, -0.15) is 13.2 Å². The van der Waals surface area contributed by atoms with Crippen LogP contribution in [0.1, 0.15) is 16.8 Å². The maximum atomic E-state index is 13.6. The second-order valence-corrected chi connectivity index (χ2v) is 7.45. The molecule has 0 atom stereocenters. The molecule has 1 N–H and O–H groups in total. The van der Waals surface area contributed by atoms with Gasteiger partial charge in [0, 0.05) is 35.3 Å². The van der Waals surface area contributed by atoms with Gasteiger partial charge in [-0.05, 0) is 31.2 Å². The fourth-order valence-electron chi connectivity index (χ4n) is 3.72. The van der Waals surface area contributed by atoms with Crippen LogP contribution in [0.3, 0.4) is 0 Å². The first kappa shape index (κ1) is 20.8. The van der Waals surface area contributed by atoms with Crippen LogP contribution in [0, 0.1) is 6.92 Å². The fourth-order valence-corrected chi connectivity index (χ4v) is 3.72. The van der Waals surface area contributed by atoms with Crippen molar-refractivity contribution in [3.8, 4) is 28.3 Å². The van der Waals surface area contributed by atoms with Crippen molar-refractivity contribution in [2.75, 3.05) is 0 Å². The summed E-state index contributed by atoms with van der Waals surface area (Å²) in [5.74, 6) is 0.303. The molecule has 33 heavy (non-hydrogen) atoms. The van der Waals surface area contributed by atoms with E-state index in [1.807, 2.05) is 19.2 Å². The van der Waals surface area contributed by atoms with Crippen LogP contribution in [0.25, 0.3) is 34.0 Å². The van der Waals surface area contributed by atoms with Gasteiger partial charge < -0.3 is 9.67 Å². The van der Waals surface area contributed by atoms with Crippen molar-refractivity contribution in [1.82, 2.24) is 29.1 Å². The molecular formula is C23H17F3N6O. The highest BCUT2D eigenvalue weighted by molar-refractivity contribution is 5.77. The number of aromatic nitrogens is 6. The van der Waals surface area contributed by atoms with E-state index in [9.17, 15) is 18.3 Å². The highest BCUT2D eigenvalue weighted by Crippen LogP contribution is 2.37. The molecule has 166 valence electrons. The molecule has 0 aliphatic carbocycles. The number of halogens is 3. The third kappa shape index (κ3) is 3.74. The Bertz CT molecular complexity index is 1470. The van der Waals surface area contributed by atoms with Gasteiger partial charge in [-0.1, -0.05) is 18.2 Å². The first-order chi connectivity index (χ1) is 15.8. The van der Waals surface area contributed by atoms with Gasteiger partial charge in [0.2, 0.25) is 0 Å². The number of alkyl halides is 3. The van der Waals surface area contributed by atoms with Gasteiger partial charge >= 0.3 is 6.18 Å². The second kappa shape index (κ2) is 7.82. The third-order valence-electron chi connectivity index (χ3n) is 5.24. The Morgan fingerprint density at radius 3 is 2.61 bits per heavy atom. The lowest BCUT2D eigenvalue weighted by molar-refractivity contribution is -0.137. The number of imidazole rings is 1. The molecule has 0 saturated carbocycles. The number of benzene rings is 2. The smallest absolute Gasteiger partial charge is 0.392 e. The number of nitrogens with zero attached hydrogens (tertiary/aromatic N) is 6. The van der Waals surface area contributed by atoms with Crippen LogP contribution in [0.4, 0.5) is 13.2 Å². The minimum absolute atomic E-state index is 0.0728. The quantitative estimate of drug-likeness (QED) is 0.437. The lowest BCUT2D eigenvalue weighted by atomic mass is 10.0. The number of hydrogen-bond acceptors (Lipinski definition) is 5. The van der Waals surface area contributed by atoms with Gasteiger partial charge in [0.1, 0.15) is 5.69 Å². The normalized spacial score (nSPS) is 11.9. The van der Waals surface area contributed by atoms with Crippen molar-refractivity contribution in [3.63, 3.8) is 0 Å². The van der Waals surface area contributed by atoms with Crippen LogP contribution in [0.15, 0.2) is 67.4 Å². The Balaban J connectivity index is 1.63. The summed E-state index contributed by atoms with van der Waals surface area (Å²) in [6.07, 6.45) is 1.88. The standard InChI is InChI=1S/C23H17F3N6O/c1-14-11-31(13-28-14)19-7-6-15(10-16(19)12-33)21-29-22-20(27-8-9-32(22)30-21)17-4-2-3-5-18(17)23(24,25)26/h2-11,13,33H,12H2,1H3. The Labute approximate surface area is 185 Å². The summed E-state index contributed by atoms with van der Waals surface area (Å²) in [5, 5.41) is 14.3. The maximum absolute atomic E-state index is 13.6. The molecule has 0 amide bonds. The molecule has 0 unspecified atom stereocenters. The van der Waals surface area contributed by atoms with Gasteiger partial charge in [0.15, 0.2) is 11.5 Å². The SMILES string of the molecule is Cc1cn(-c2ccc(-c3nc4c(-c5ccccc5C(F)(F)F)nccn4n3)cc2CO)cn1. The molecule has 7 nitrogen and oxygen atoms in total. The minimum atomic E-state index is -4.54. The van der Waals surface area contributed by atoms with E-state index >= 15 is 0 Å². The summed E-state index contributed by atoms with van der Waals surface area (Å²) in [6.45, 7) is 1.65. The molecular weight excluding hydrogens is 433 g/mol. The lowest BCUT2D eigenvalue weighted by Gasteiger charge is -2.12. The third-order valence-corrected chi connectivity index (χ3v) is 5.24. The Morgan fingerprint density at radius 2 is 1.88 bits per heavy atom. The lowest BCUT2D eigenvalue weighted by Crippen LogP contribution is -2.08. The summed E-state index contributed by atoms with van der Waals surface area (Å²) in [7, 11) is 0. The molecule has 10 heteroatoms. The maximum Gasteiger partial charge on any atom is 0.417 e. The molecule has 0 saturated heterocycles. The summed E-state index contributed by atoms with van der Waals surface area (Å²) < 4.78 is 43.9. The van der Waals surface area contributed by atoms with Crippen LogP contribution >= 0.6 is 0 Å². The summed E-state index contributed by atoms with van der Waals surface area (Å²) >= 11 is 0. The predicted molar refractivity (Wildman–Crippen MR) is 114 cm³/mol. The molecule has 3 heterocycles. The zero-order valence-electron chi connectivity index (χ0n) is 17.3. The van der Waals surface area contributed by atoms with E-state index in [2.05, 4.69) is 20.1 Å². The van der Waals surface area contributed by atoms with E-state index in [1.165, 1.54) is 35.1 Å². The van der Waals surface area contributed by atoms with Gasteiger partial charge in [0.25, 0.3) is 0 Å². The van der Waals surface area contributed by atoms with Crippen LogP contribution in [-0.4, -0.2) is 34.2 Å². The van der Waals surface area contributed by atoms with Crippen LogP contribution in [0.2, 0.25) is 0 Å². The van der Waals surface area contributed by atoms with Crippen LogP contribution in [0.5, 0.6) is 0 Å². The number of aliphatic hydroxyl groups is 1. The van der Waals surface area contributed by atoms with E-state index in [4.69, 9.17) is 0 Å². The van der Waals surface area contributed by atoms with Gasteiger partial charge in [-0.3, -0.25) is 4.98 Å².